The molecule has 0 spiro atoms. The van der Waals surface area contributed by atoms with E-state index >= 15 is 0 Å². The van der Waals surface area contributed by atoms with Gasteiger partial charge in [-0.3, -0.25) is 4.79 Å². The molecule has 3 nitrogen and oxygen atoms in total. The number of anilines is 1. The summed E-state index contributed by atoms with van der Waals surface area (Å²) in [6, 6.07) is 2.18. The first-order chi connectivity index (χ1) is 6.72. The Morgan fingerprint density at radius 3 is 3.00 bits per heavy atom. The molecule has 14 heavy (non-hydrogen) atoms. The fourth-order valence-electron chi connectivity index (χ4n) is 1.77. The minimum atomic E-state index is -0.110. The number of amides is 1. The van der Waals surface area contributed by atoms with Gasteiger partial charge in [0.25, 0.3) is 0 Å². The van der Waals surface area contributed by atoms with Crippen molar-refractivity contribution >= 4 is 22.2 Å². The third kappa shape index (κ3) is 1.40. The summed E-state index contributed by atoms with van der Waals surface area (Å²) < 4.78 is 0. The summed E-state index contributed by atoms with van der Waals surface area (Å²) in [5.41, 5.74) is 1.83. The Bertz CT molecular complexity index is 428. The molecular formula is C10H10N2OS. The third-order valence-electron chi connectivity index (χ3n) is 2.32. The predicted octanol–water partition coefficient (Wildman–Crippen LogP) is 2.07. The highest BCUT2D eigenvalue weighted by Gasteiger charge is 2.22. The summed E-state index contributed by atoms with van der Waals surface area (Å²) in [5, 5.41) is 12.4. The highest BCUT2D eigenvalue weighted by Crippen LogP contribution is 2.38. The van der Waals surface area contributed by atoms with Crippen molar-refractivity contribution in [2.75, 3.05) is 5.32 Å². The van der Waals surface area contributed by atoms with Crippen LogP contribution in [0, 0.1) is 11.3 Å². The zero-order valence-electron chi connectivity index (χ0n) is 7.89. The molecule has 0 bridgehead atoms. The number of nitrogens with one attached hydrogen (secondary N) is 1. The monoisotopic (exact) mass is 206 g/mol. The third-order valence-corrected chi connectivity index (χ3v) is 3.53. The molecule has 2 rings (SSSR count). The second kappa shape index (κ2) is 3.43. The number of thiophene rings is 1. The van der Waals surface area contributed by atoms with Crippen LogP contribution in [0.25, 0.3) is 0 Å². The van der Waals surface area contributed by atoms with Crippen LogP contribution in [-0.2, 0) is 17.6 Å². The standard InChI is InChI=1S/C10H10N2OS/c1-6(13)12-10-8(5-11)7-3-2-4-9(7)14-10/h2-4H2,1H3,(H,12,13). The zero-order valence-corrected chi connectivity index (χ0v) is 8.70. The van der Waals surface area contributed by atoms with Gasteiger partial charge in [-0.15, -0.1) is 11.3 Å². The fraction of sp³-hybridized carbons (Fsp3) is 0.400. The summed E-state index contributed by atoms with van der Waals surface area (Å²) >= 11 is 1.55. The smallest absolute Gasteiger partial charge is 0.221 e. The molecule has 1 aromatic heterocycles. The van der Waals surface area contributed by atoms with Gasteiger partial charge in [-0.25, -0.2) is 0 Å². The maximum Gasteiger partial charge on any atom is 0.221 e. The zero-order chi connectivity index (χ0) is 10.1. The van der Waals surface area contributed by atoms with E-state index in [4.69, 9.17) is 5.26 Å². The Balaban J connectivity index is 2.42. The molecule has 0 fully saturated rings. The van der Waals surface area contributed by atoms with Crippen LogP contribution in [0.1, 0.15) is 29.3 Å². The molecule has 4 heteroatoms. The average Bonchev–Trinajstić information content (AvgIpc) is 2.62. The maximum atomic E-state index is 10.9. The number of nitriles is 1. The molecule has 0 aliphatic heterocycles. The lowest BCUT2D eigenvalue weighted by Crippen LogP contribution is -2.05. The summed E-state index contributed by atoms with van der Waals surface area (Å²) in [7, 11) is 0. The largest absolute Gasteiger partial charge is 0.317 e. The van der Waals surface area contributed by atoms with Crippen molar-refractivity contribution in [1.29, 1.82) is 5.26 Å². The van der Waals surface area contributed by atoms with E-state index in [9.17, 15) is 4.79 Å². The second-order valence-electron chi connectivity index (χ2n) is 3.35. The average molecular weight is 206 g/mol. The molecule has 1 N–H and O–H groups in total. The first-order valence-corrected chi connectivity index (χ1v) is 5.36. The van der Waals surface area contributed by atoms with E-state index < -0.39 is 0 Å². The van der Waals surface area contributed by atoms with Crippen LogP contribution < -0.4 is 5.32 Å². The van der Waals surface area contributed by atoms with Crippen LogP contribution in [0.15, 0.2) is 0 Å². The van der Waals surface area contributed by atoms with E-state index in [1.807, 2.05) is 0 Å². The number of rotatable bonds is 1. The van der Waals surface area contributed by atoms with Gasteiger partial charge in [-0.05, 0) is 24.8 Å². The van der Waals surface area contributed by atoms with Crippen LogP contribution in [-0.4, -0.2) is 5.91 Å². The van der Waals surface area contributed by atoms with Gasteiger partial charge >= 0.3 is 0 Å². The predicted molar refractivity (Wildman–Crippen MR) is 55.4 cm³/mol. The van der Waals surface area contributed by atoms with Crippen molar-refractivity contribution in [3.63, 3.8) is 0 Å². The quantitative estimate of drug-likeness (QED) is 0.764. The molecule has 1 aliphatic rings. The van der Waals surface area contributed by atoms with Crippen molar-refractivity contribution in [2.45, 2.75) is 26.2 Å². The van der Waals surface area contributed by atoms with Gasteiger partial charge in [-0.2, -0.15) is 5.26 Å². The van der Waals surface area contributed by atoms with E-state index in [2.05, 4.69) is 11.4 Å². The fourth-order valence-corrected chi connectivity index (χ4v) is 3.06. The van der Waals surface area contributed by atoms with Gasteiger partial charge in [-0.1, -0.05) is 0 Å². The Kier molecular flexibility index (Phi) is 2.26. The molecule has 0 saturated heterocycles. The number of hydrogen-bond acceptors (Lipinski definition) is 3. The molecule has 72 valence electrons. The van der Waals surface area contributed by atoms with E-state index in [0.717, 1.165) is 29.8 Å². The van der Waals surface area contributed by atoms with Crippen LogP contribution in [0.3, 0.4) is 0 Å². The molecule has 0 unspecified atom stereocenters. The van der Waals surface area contributed by atoms with Crippen molar-refractivity contribution < 1.29 is 4.79 Å². The minimum Gasteiger partial charge on any atom is -0.317 e. The number of fused-ring (bicyclic) bond motifs is 1. The van der Waals surface area contributed by atoms with Crippen LogP contribution in [0.2, 0.25) is 0 Å². The molecule has 0 saturated carbocycles. The van der Waals surface area contributed by atoms with Gasteiger partial charge in [0.2, 0.25) is 5.91 Å². The van der Waals surface area contributed by atoms with E-state index in [0.29, 0.717) is 5.56 Å². The van der Waals surface area contributed by atoms with Crippen LogP contribution >= 0.6 is 11.3 Å². The van der Waals surface area contributed by atoms with Crippen molar-refractivity contribution in [3.8, 4) is 6.07 Å². The molecule has 1 aromatic rings. The molecule has 1 aliphatic carbocycles. The molecule has 1 heterocycles. The lowest BCUT2D eigenvalue weighted by molar-refractivity contribution is -0.114. The number of aryl methyl sites for hydroxylation is 1. The van der Waals surface area contributed by atoms with Gasteiger partial charge < -0.3 is 5.32 Å². The van der Waals surface area contributed by atoms with Crippen molar-refractivity contribution in [2.24, 2.45) is 0 Å². The van der Waals surface area contributed by atoms with Gasteiger partial charge in [0.1, 0.15) is 11.1 Å². The molecule has 0 radical (unpaired) electrons. The first-order valence-electron chi connectivity index (χ1n) is 4.54. The molecular weight excluding hydrogens is 196 g/mol. The SMILES string of the molecule is CC(=O)Nc1sc2c(c1C#N)CCC2. The Morgan fingerprint density at radius 1 is 1.57 bits per heavy atom. The van der Waals surface area contributed by atoms with Gasteiger partial charge in [0, 0.05) is 11.8 Å². The van der Waals surface area contributed by atoms with Crippen LogP contribution in [0.5, 0.6) is 0 Å². The van der Waals surface area contributed by atoms with E-state index in [1.165, 1.54) is 11.8 Å². The van der Waals surface area contributed by atoms with E-state index in [1.54, 1.807) is 11.3 Å². The van der Waals surface area contributed by atoms with Gasteiger partial charge in [0.15, 0.2) is 0 Å². The first kappa shape index (κ1) is 9.22. The normalized spacial score (nSPS) is 13.4. The second-order valence-corrected chi connectivity index (χ2v) is 4.46. The van der Waals surface area contributed by atoms with Crippen LogP contribution in [0.4, 0.5) is 5.00 Å². The number of hydrogen-bond donors (Lipinski definition) is 1. The molecule has 0 atom stereocenters. The van der Waals surface area contributed by atoms with Crippen molar-refractivity contribution in [1.82, 2.24) is 0 Å². The Labute approximate surface area is 86.4 Å². The Morgan fingerprint density at radius 2 is 2.36 bits per heavy atom. The lowest BCUT2D eigenvalue weighted by Gasteiger charge is -1.98. The Hall–Kier alpha value is -1.34. The summed E-state index contributed by atoms with van der Waals surface area (Å²) in [6.45, 7) is 1.46. The topological polar surface area (TPSA) is 52.9 Å². The number of nitrogens with zero attached hydrogens (tertiary/aromatic N) is 1. The maximum absolute atomic E-state index is 10.9. The van der Waals surface area contributed by atoms with Gasteiger partial charge in [0.05, 0.1) is 5.56 Å². The molecule has 1 amide bonds. The molecule has 0 aromatic carbocycles. The number of carbonyl (C=O) groups excluding carboxylic acids is 1. The minimum absolute atomic E-state index is 0.110. The summed E-state index contributed by atoms with van der Waals surface area (Å²) in [4.78, 5) is 12.2. The highest BCUT2D eigenvalue weighted by atomic mass is 32.1. The van der Waals surface area contributed by atoms with E-state index in [-0.39, 0.29) is 5.91 Å². The summed E-state index contributed by atoms with van der Waals surface area (Å²) in [5.74, 6) is -0.110. The number of carbonyl (C=O) groups is 1. The highest BCUT2D eigenvalue weighted by molar-refractivity contribution is 7.16. The lowest BCUT2D eigenvalue weighted by atomic mass is 10.1. The van der Waals surface area contributed by atoms with Crippen molar-refractivity contribution in [3.05, 3.63) is 16.0 Å². The summed E-state index contributed by atoms with van der Waals surface area (Å²) in [6.07, 6.45) is 3.17.